The van der Waals surface area contributed by atoms with Crippen molar-refractivity contribution in [2.24, 2.45) is 0 Å². The lowest BCUT2D eigenvalue weighted by Crippen LogP contribution is -2.12. The van der Waals surface area contributed by atoms with Gasteiger partial charge in [0.05, 0.1) is 12.0 Å². The summed E-state index contributed by atoms with van der Waals surface area (Å²) < 4.78 is 39.0. The predicted octanol–water partition coefficient (Wildman–Crippen LogP) is 2.74. The van der Waals surface area contributed by atoms with E-state index in [1.54, 1.807) is 17.0 Å². The Bertz CT molecular complexity index is 602. The molecule has 0 N–H and O–H groups in total. The van der Waals surface area contributed by atoms with Gasteiger partial charge in [0.25, 0.3) is 0 Å². The Morgan fingerprint density at radius 2 is 2.05 bits per heavy atom. The first-order chi connectivity index (χ1) is 9.41. The van der Waals surface area contributed by atoms with Crippen molar-refractivity contribution in [2.75, 3.05) is 0 Å². The van der Waals surface area contributed by atoms with Gasteiger partial charge in [-0.15, -0.1) is 0 Å². The van der Waals surface area contributed by atoms with E-state index in [4.69, 9.17) is 0 Å². The summed E-state index contributed by atoms with van der Waals surface area (Å²) >= 11 is 0. The molecule has 2 heterocycles. The summed E-state index contributed by atoms with van der Waals surface area (Å²) in [6, 6.07) is 1.94. The second kappa shape index (κ2) is 5.44. The van der Waals surface area contributed by atoms with E-state index < -0.39 is 11.7 Å². The molecule has 0 saturated heterocycles. The van der Waals surface area contributed by atoms with Crippen molar-refractivity contribution in [3.05, 3.63) is 47.8 Å². The van der Waals surface area contributed by atoms with Crippen LogP contribution in [-0.4, -0.2) is 20.3 Å². The average molecular weight is 283 g/mol. The van der Waals surface area contributed by atoms with Crippen LogP contribution in [0.2, 0.25) is 0 Å². The van der Waals surface area contributed by atoms with Crippen LogP contribution in [0.25, 0.3) is 0 Å². The number of hydrogen-bond acceptors (Lipinski definition) is 3. The summed E-state index contributed by atoms with van der Waals surface area (Å²) in [5.41, 5.74) is -0.868. The zero-order chi connectivity index (χ0) is 14.8. The molecule has 0 fully saturated rings. The van der Waals surface area contributed by atoms with Crippen LogP contribution < -0.4 is 0 Å². The van der Waals surface area contributed by atoms with E-state index in [2.05, 4.69) is 9.97 Å². The summed E-state index contributed by atoms with van der Waals surface area (Å²) in [6.07, 6.45) is -0.457. The maximum absolute atomic E-state index is 12.4. The van der Waals surface area contributed by atoms with Crippen molar-refractivity contribution in [2.45, 2.75) is 26.1 Å². The molecule has 0 bridgehead atoms. The Labute approximate surface area is 113 Å². The molecule has 2 aromatic heterocycles. The number of rotatable bonds is 4. The topological polar surface area (TPSA) is 47.8 Å². The van der Waals surface area contributed by atoms with Gasteiger partial charge in [-0.25, -0.2) is 4.98 Å². The minimum Gasteiger partial charge on any atom is -0.335 e. The molecule has 106 valence electrons. The minimum atomic E-state index is -4.45. The lowest BCUT2D eigenvalue weighted by atomic mass is 10.1. The highest BCUT2D eigenvalue weighted by atomic mass is 19.4. The lowest BCUT2D eigenvalue weighted by molar-refractivity contribution is -0.137. The van der Waals surface area contributed by atoms with Gasteiger partial charge in [0, 0.05) is 25.1 Å². The number of halogens is 3. The Morgan fingerprint density at radius 3 is 2.60 bits per heavy atom. The minimum absolute atomic E-state index is 0.00338. The molecule has 0 atom stereocenters. The Kier molecular flexibility index (Phi) is 3.87. The maximum atomic E-state index is 12.4. The molecule has 2 aromatic rings. The predicted molar refractivity (Wildman–Crippen MR) is 65.2 cm³/mol. The number of aryl methyl sites for hydroxylation is 1. The third-order valence-electron chi connectivity index (χ3n) is 2.84. The van der Waals surface area contributed by atoms with E-state index in [0.717, 1.165) is 12.1 Å². The van der Waals surface area contributed by atoms with Crippen LogP contribution in [0, 0.1) is 0 Å². The smallest absolute Gasteiger partial charge is 0.335 e. The van der Waals surface area contributed by atoms with Gasteiger partial charge in [-0.2, -0.15) is 13.2 Å². The van der Waals surface area contributed by atoms with Crippen molar-refractivity contribution in [1.82, 2.24) is 14.5 Å². The Hall–Kier alpha value is -2.18. The van der Waals surface area contributed by atoms with Crippen LogP contribution in [0.5, 0.6) is 0 Å². The van der Waals surface area contributed by atoms with Crippen LogP contribution in [0.3, 0.4) is 0 Å². The van der Waals surface area contributed by atoms with Gasteiger partial charge in [-0.3, -0.25) is 9.78 Å². The molecule has 0 saturated carbocycles. The summed E-state index contributed by atoms with van der Waals surface area (Å²) in [6.45, 7) is 2.58. The first-order valence-electron chi connectivity index (χ1n) is 5.98. The van der Waals surface area contributed by atoms with Crippen LogP contribution in [0.15, 0.2) is 30.7 Å². The number of carbonyl (C=O) groups excluding carboxylic acids is 1. The summed E-state index contributed by atoms with van der Waals surface area (Å²) in [5.74, 6) is 0.207. The Morgan fingerprint density at radius 1 is 1.30 bits per heavy atom. The highest BCUT2D eigenvalue weighted by Crippen LogP contribution is 2.28. The summed E-state index contributed by atoms with van der Waals surface area (Å²) in [7, 11) is 0. The van der Waals surface area contributed by atoms with Crippen molar-refractivity contribution < 1.29 is 18.0 Å². The van der Waals surface area contributed by atoms with E-state index in [-0.39, 0.29) is 17.9 Å². The highest BCUT2D eigenvalue weighted by molar-refractivity contribution is 5.95. The molecular formula is C13H12F3N3O. The highest BCUT2D eigenvalue weighted by Gasteiger charge is 2.30. The van der Waals surface area contributed by atoms with Crippen molar-refractivity contribution in [3.63, 3.8) is 0 Å². The molecule has 0 spiro atoms. The second-order valence-corrected chi connectivity index (χ2v) is 4.16. The van der Waals surface area contributed by atoms with Gasteiger partial charge in [0.2, 0.25) is 0 Å². The first-order valence-corrected chi connectivity index (χ1v) is 5.98. The fourth-order valence-corrected chi connectivity index (χ4v) is 1.76. The van der Waals surface area contributed by atoms with E-state index in [9.17, 15) is 18.0 Å². The first kappa shape index (κ1) is 14.2. The van der Waals surface area contributed by atoms with E-state index >= 15 is 0 Å². The number of carbonyl (C=O) groups is 1. The fraction of sp³-hybridized carbons (Fsp3) is 0.308. The molecule has 0 aliphatic rings. The van der Waals surface area contributed by atoms with Gasteiger partial charge in [-0.1, -0.05) is 0 Å². The number of ketones is 1. The molecule has 0 unspecified atom stereocenters. The summed E-state index contributed by atoms with van der Waals surface area (Å²) in [5, 5.41) is 0. The van der Waals surface area contributed by atoms with Gasteiger partial charge in [0.1, 0.15) is 11.5 Å². The molecule has 0 amide bonds. The van der Waals surface area contributed by atoms with Crippen molar-refractivity contribution in [3.8, 4) is 0 Å². The number of hydrogen-bond donors (Lipinski definition) is 0. The fourth-order valence-electron chi connectivity index (χ4n) is 1.76. The average Bonchev–Trinajstić information content (AvgIpc) is 2.85. The quantitative estimate of drug-likeness (QED) is 0.811. The molecule has 20 heavy (non-hydrogen) atoms. The summed E-state index contributed by atoms with van der Waals surface area (Å²) in [4.78, 5) is 19.6. The zero-order valence-corrected chi connectivity index (χ0v) is 10.7. The van der Waals surface area contributed by atoms with Crippen molar-refractivity contribution in [1.29, 1.82) is 0 Å². The van der Waals surface area contributed by atoms with Gasteiger partial charge in [-0.05, 0) is 19.1 Å². The third-order valence-corrected chi connectivity index (χ3v) is 2.84. The molecule has 0 aliphatic heterocycles. The lowest BCUT2D eigenvalue weighted by Gasteiger charge is -2.07. The Balaban J connectivity index is 2.14. The normalized spacial score (nSPS) is 11.6. The van der Waals surface area contributed by atoms with E-state index in [1.165, 1.54) is 0 Å². The number of imidazole rings is 1. The molecule has 0 radical (unpaired) electrons. The largest absolute Gasteiger partial charge is 0.417 e. The van der Waals surface area contributed by atoms with Gasteiger partial charge < -0.3 is 4.57 Å². The van der Waals surface area contributed by atoms with Crippen LogP contribution >= 0.6 is 0 Å². The number of pyridine rings is 1. The molecule has 0 aromatic carbocycles. The van der Waals surface area contributed by atoms with E-state index in [0.29, 0.717) is 18.6 Å². The number of Topliss-reactive ketones (excluding diaryl/α,β-unsaturated/α-hetero) is 1. The molecule has 0 aliphatic carbocycles. The van der Waals surface area contributed by atoms with Gasteiger partial charge in [0.15, 0.2) is 5.78 Å². The number of nitrogens with zero attached hydrogens (tertiary/aromatic N) is 3. The third kappa shape index (κ3) is 3.04. The van der Waals surface area contributed by atoms with Gasteiger partial charge >= 0.3 is 6.18 Å². The van der Waals surface area contributed by atoms with Crippen LogP contribution in [0.1, 0.15) is 28.8 Å². The second-order valence-electron chi connectivity index (χ2n) is 4.16. The van der Waals surface area contributed by atoms with Crippen LogP contribution in [0.4, 0.5) is 13.2 Å². The van der Waals surface area contributed by atoms with Crippen LogP contribution in [-0.2, 0) is 19.1 Å². The zero-order valence-electron chi connectivity index (χ0n) is 10.7. The van der Waals surface area contributed by atoms with E-state index in [1.807, 2.05) is 6.92 Å². The maximum Gasteiger partial charge on any atom is 0.417 e. The number of alkyl halides is 3. The monoisotopic (exact) mass is 283 g/mol. The molecule has 2 rings (SSSR count). The SMILES string of the molecule is CCn1ccnc1CC(=O)c1ccc(C(F)(F)F)cn1. The standard InChI is InChI=1S/C13H12F3N3O/c1-2-19-6-5-17-12(19)7-11(20)10-4-3-9(8-18-10)13(14,15)16/h3-6,8H,2,7H2,1H3. The molecule has 4 nitrogen and oxygen atoms in total. The molecule has 7 heteroatoms. The molecular weight excluding hydrogens is 271 g/mol. The van der Waals surface area contributed by atoms with Crippen molar-refractivity contribution >= 4 is 5.78 Å². The number of aromatic nitrogens is 3.